The highest BCUT2D eigenvalue weighted by molar-refractivity contribution is 5.30. The third kappa shape index (κ3) is 4.33. The Morgan fingerprint density at radius 2 is 2.00 bits per heavy atom. The van der Waals surface area contributed by atoms with Gasteiger partial charge in [-0.05, 0) is 38.6 Å². The van der Waals surface area contributed by atoms with Gasteiger partial charge < -0.3 is 10.2 Å². The minimum Gasteiger partial charge on any atom is -0.316 e. The molecule has 0 heterocycles. The van der Waals surface area contributed by atoms with Crippen LogP contribution < -0.4 is 5.32 Å². The van der Waals surface area contributed by atoms with Gasteiger partial charge in [0, 0.05) is 19.6 Å². The molecule has 0 aliphatic heterocycles. The molecule has 1 aromatic carbocycles. The van der Waals surface area contributed by atoms with E-state index in [1.807, 2.05) is 0 Å². The molecule has 0 radical (unpaired) electrons. The van der Waals surface area contributed by atoms with Crippen molar-refractivity contribution in [3.8, 4) is 0 Å². The van der Waals surface area contributed by atoms with E-state index in [-0.39, 0.29) is 0 Å². The van der Waals surface area contributed by atoms with Gasteiger partial charge in [0.2, 0.25) is 0 Å². The Bertz CT molecular complexity index is 321. The summed E-state index contributed by atoms with van der Waals surface area (Å²) in [5.74, 6) is 0. The largest absolute Gasteiger partial charge is 0.316 e. The van der Waals surface area contributed by atoms with E-state index in [1.165, 1.54) is 16.7 Å². The van der Waals surface area contributed by atoms with Crippen molar-refractivity contribution in [3.63, 3.8) is 0 Å². The maximum Gasteiger partial charge on any atom is 0.0233 e. The zero-order valence-electron chi connectivity index (χ0n) is 11.0. The molecule has 2 nitrogen and oxygen atoms in total. The van der Waals surface area contributed by atoms with Crippen LogP contribution in [0, 0.1) is 13.8 Å². The van der Waals surface area contributed by atoms with Crippen LogP contribution in [0.25, 0.3) is 0 Å². The highest BCUT2D eigenvalue weighted by atomic mass is 15.1. The molecule has 2 heteroatoms. The molecule has 16 heavy (non-hydrogen) atoms. The smallest absolute Gasteiger partial charge is 0.0233 e. The van der Waals surface area contributed by atoms with Crippen LogP contribution in [0.3, 0.4) is 0 Å². The van der Waals surface area contributed by atoms with Crippen molar-refractivity contribution in [1.82, 2.24) is 10.2 Å². The fourth-order valence-electron chi connectivity index (χ4n) is 1.84. The van der Waals surface area contributed by atoms with Crippen LogP contribution in [0.15, 0.2) is 18.2 Å². The second-order valence-electron chi connectivity index (χ2n) is 4.52. The lowest BCUT2D eigenvalue weighted by atomic mass is 10.1. The second kappa shape index (κ2) is 6.66. The number of nitrogens with zero attached hydrogens (tertiary/aromatic N) is 1. The quantitative estimate of drug-likeness (QED) is 0.740. The van der Waals surface area contributed by atoms with Gasteiger partial charge in [0.1, 0.15) is 0 Å². The van der Waals surface area contributed by atoms with Crippen LogP contribution >= 0.6 is 0 Å². The number of nitrogens with one attached hydrogen (secondary N) is 1. The van der Waals surface area contributed by atoms with Crippen molar-refractivity contribution >= 4 is 0 Å². The molecule has 90 valence electrons. The van der Waals surface area contributed by atoms with Gasteiger partial charge in [-0.1, -0.05) is 30.7 Å². The Kier molecular flexibility index (Phi) is 5.50. The van der Waals surface area contributed by atoms with E-state index in [0.29, 0.717) is 0 Å². The molecule has 0 spiro atoms. The molecule has 0 saturated heterocycles. The molecule has 1 aromatic rings. The fourth-order valence-corrected chi connectivity index (χ4v) is 1.84. The number of rotatable bonds is 6. The molecular formula is C14H24N2. The maximum atomic E-state index is 3.35. The Labute approximate surface area is 99.7 Å². The molecule has 0 atom stereocenters. The third-order valence-corrected chi connectivity index (χ3v) is 2.86. The van der Waals surface area contributed by atoms with Crippen LogP contribution in [0.5, 0.6) is 0 Å². The summed E-state index contributed by atoms with van der Waals surface area (Å²) in [6.45, 7) is 10.7. The van der Waals surface area contributed by atoms with Gasteiger partial charge in [0.05, 0.1) is 0 Å². The summed E-state index contributed by atoms with van der Waals surface area (Å²) < 4.78 is 0. The SMILES string of the molecule is CCNCCN(C)Cc1ccc(C)cc1C. The Balaban J connectivity index is 2.46. The van der Waals surface area contributed by atoms with Crippen LogP contribution in [-0.2, 0) is 6.54 Å². The summed E-state index contributed by atoms with van der Waals surface area (Å²) in [5.41, 5.74) is 4.18. The lowest BCUT2D eigenvalue weighted by molar-refractivity contribution is 0.325. The Morgan fingerprint density at radius 1 is 1.25 bits per heavy atom. The standard InChI is InChI=1S/C14H24N2/c1-5-15-8-9-16(4)11-14-7-6-12(2)10-13(14)3/h6-7,10,15H,5,8-9,11H2,1-4H3. The molecule has 0 unspecified atom stereocenters. The van der Waals surface area contributed by atoms with E-state index < -0.39 is 0 Å². The van der Waals surface area contributed by atoms with Crippen molar-refractivity contribution in [2.75, 3.05) is 26.7 Å². The highest BCUT2D eigenvalue weighted by Crippen LogP contribution is 2.12. The Morgan fingerprint density at radius 3 is 2.62 bits per heavy atom. The van der Waals surface area contributed by atoms with E-state index in [2.05, 4.69) is 56.2 Å². The topological polar surface area (TPSA) is 15.3 Å². The van der Waals surface area contributed by atoms with E-state index in [4.69, 9.17) is 0 Å². The van der Waals surface area contributed by atoms with E-state index >= 15 is 0 Å². The van der Waals surface area contributed by atoms with Crippen molar-refractivity contribution in [2.45, 2.75) is 27.3 Å². The minimum atomic E-state index is 1.04. The summed E-state index contributed by atoms with van der Waals surface area (Å²) in [5, 5.41) is 3.35. The van der Waals surface area contributed by atoms with Gasteiger partial charge in [-0.2, -0.15) is 0 Å². The predicted octanol–water partition coefficient (Wildman–Crippen LogP) is 2.34. The normalized spacial score (nSPS) is 11.1. The van der Waals surface area contributed by atoms with E-state index in [9.17, 15) is 0 Å². The summed E-state index contributed by atoms with van der Waals surface area (Å²) in [6, 6.07) is 6.70. The van der Waals surface area contributed by atoms with Gasteiger partial charge >= 0.3 is 0 Å². The van der Waals surface area contributed by atoms with E-state index in [0.717, 1.165) is 26.2 Å². The first kappa shape index (κ1) is 13.2. The fraction of sp³-hybridized carbons (Fsp3) is 0.571. The first-order valence-electron chi connectivity index (χ1n) is 6.09. The minimum absolute atomic E-state index is 1.04. The summed E-state index contributed by atoms with van der Waals surface area (Å²) in [7, 11) is 2.18. The van der Waals surface area contributed by atoms with Crippen molar-refractivity contribution < 1.29 is 0 Å². The molecule has 1 N–H and O–H groups in total. The molecule has 0 fully saturated rings. The first-order chi connectivity index (χ1) is 7.63. The predicted molar refractivity (Wildman–Crippen MR) is 70.8 cm³/mol. The van der Waals surface area contributed by atoms with Gasteiger partial charge in [0.25, 0.3) is 0 Å². The summed E-state index contributed by atoms with van der Waals surface area (Å²) in [6.07, 6.45) is 0. The second-order valence-corrected chi connectivity index (χ2v) is 4.52. The van der Waals surface area contributed by atoms with Crippen LogP contribution in [0.4, 0.5) is 0 Å². The number of benzene rings is 1. The van der Waals surface area contributed by atoms with E-state index in [1.54, 1.807) is 0 Å². The van der Waals surface area contributed by atoms with Crippen molar-refractivity contribution in [3.05, 3.63) is 34.9 Å². The van der Waals surface area contributed by atoms with Crippen LogP contribution in [0.2, 0.25) is 0 Å². The van der Waals surface area contributed by atoms with Gasteiger partial charge in [-0.25, -0.2) is 0 Å². The molecule has 1 rings (SSSR count). The Hall–Kier alpha value is -0.860. The van der Waals surface area contributed by atoms with Gasteiger partial charge in [-0.3, -0.25) is 0 Å². The molecule has 0 aliphatic carbocycles. The lowest BCUT2D eigenvalue weighted by Gasteiger charge is -2.18. The molecule has 0 aliphatic rings. The molecule has 0 amide bonds. The maximum absolute atomic E-state index is 3.35. The number of aryl methyl sites for hydroxylation is 2. The summed E-state index contributed by atoms with van der Waals surface area (Å²) in [4.78, 5) is 2.36. The van der Waals surface area contributed by atoms with Crippen LogP contribution in [-0.4, -0.2) is 31.6 Å². The average Bonchev–Trinajstić information content (AvgIpc) is 2.23. The lowest BCUT2D eigenvalue weighted by Crippen LogP contribution is -2.28. The molecule has 0 bridgehead atoms. The molecule has 0 aromatic heterocycles. The monoisotopic (exact) mass is 220 g/mol. The number of hydrogen-bond donors (Lipinski definition) is 1. The van der Waals surface area contributed by atoms with Crippen molar-refractivity contribution in [2.24, 2.45) is 0 Å². The first-order valence-corrected chi connectivity index (χ1v) is 6.09. The zero-order chi connectivity index (χ0) is 12.0. The van der Waals surface area contributed by atoms with Gasteiger partial charge in [0.15, 0.2) is 0 Å². The molecular weight excluding hydrogens is 196 g/mol. The highest BCUT2D eigenvalue weighted by Gasteiger charge is 2.02. The summed E-state index contributed by atoms with van der Waals surface area (Å²) >= 11 is 0. The van der Waals surface area contributed by atoms with Crippen molar-refractivity contribution in [1.29, 1.82) is 0 Å². The molecule has 0 saturated carbocycles. The van der Waals surface area contributed by atoms with Gasteiger partial charge in [-0.15, -0.1) is 0 Å². The average molecular weight is 220 g/mol. The number of hydrogen-bond acceptors (Lipinski definition) is 2. The number of likely N-dealkylation sites (N-methyl/N-ethyl adjacent to an activating group) is 2. The van der Waals surface area contributed by atoms with Crippen LogP contribution in [0.1, 0.15) is 23.6 Å². The third-order valence-electron chi connectivity index (χ3n) is 2.86. The zero-order valence-corrected chi connectivity index (χ0v) is 11.0.